The molecule has 122 valence electrons. The first-order valence-electron chi connectivity index (χ1n) is 7.33. The van der Waals surface area contributed by atoms with E-state index >= 15 is 0 Å². The summed E-state index contributed by atoms with van der Waals surface area (Å²) in [6, 6.07) is 14.5. The van der Waals surface area contributed by atoms with Crippen molar-refractivity contribution < 1.29 is 9.18 Å². The highest BCUT2D eigenvalue weighted by Crippen LogP contribution is 2.36. The molecule has 0 atom stereocenters. The quantitative estimate of drug-likeness (QED) is 0.427. The third-order valence-electron chi connectivity index (χ3n) is 3.73. The van der Waals surface area contributed by atoms with Gasteiger partial charge in [0.1, 0.15) is 5.82 Å². The van der Waals surface area contributed by atoms with Crippen molar-refractivity contribution in [2.75, 3.05) is 0 Å². The van der Waals surface area contributed by atoms with Gasteiger partial charge in [-0.25, -0.2) is 9.24 Å². The second kappa shape index (κ2) is 6.42. The number of rotatable bonds is 2. The zero-order valence-corrected chi connectivity index (χ0v) is 13.0. The van der Waals surface area contributed by atoms with E-state index in [2.05, 4.69) is 9.84 Å². The number of aliphatic imine (C=N–C) groups is 1. The van der Waals surface area contributed by atoms with Crippen molar-refractivity contribution in [2.45, 2.75) is 0 Å². The molecule has 25 heavy (non-hydrogen) atoms. The van der Waals surface area contributed by atoms with E-state index in [1.165, 1.54) is 18.2 Å². The number of nitrogens with zero attached hydrogens (tertiary/aromatic N) is 2. The molecule has 0 aliphatic carbocycles. The van der Waals surface area contributed by atoms with Crippen molar-refractivity contribution in [2.24, 2.45) is 16.5 Å². The number of hydrogen-bond donors (Lipinski definition) is 2. The van der Waals surface area contributed by atoms with Crippen LogP contribution in [0.3, 0.4) is 0 Å². The third kappa shape index (κ3) is 3.16. The molecule has 5 nitrogen and oxygen atoms in total. The number of carbonyl (C=O) groups excluding carboxylic acids is 1. The molecule has 0 fully saturated rings. The van der Waals surface area contributed by atoms with Gasteiger partial charge in [-0.15, -0.1) is 0 Å². The molecule has 0 aliphatic rings. The molecule has 0 spiro atoms. The van der Waals surface area contributed by atoms with Gasteiger partial charge in [0.2, 0.25) is 0 Å². The van der Waals surface area contributed by atoms with E-state index in [-0.39, 0.29) is 5.96 Å². The molecule has 0 saturated heterocycles. The minimum atomic E-state index is -0.568. The van der Waals surface area contributed by atoms with E-state index in [1.54, 1.807) is 24.3 Å². The summed E-state index contributed by atoms with van der Waals surface area (Å²) in [5, 5.41) is 1.55. The molecule has 4 N–H and O–H groups in total. The summed E-state index contributed by atoms with van der Waals surface area (Å²) in [5.74, 6) is -1.33. The van der Waals surface area contributed by atoms with Gasteiger partial charge in [0.25, 0.3) is 5.91 Å². The van der Waals surface area contributed by atoms with Crippen LogP contribution in [0.15, 0.2) is 59.6 Å². The van der Waals surface area contributed by atoms with Crippen molar-refractivity contribution in [3.63, 3.8) is 0 Å². The number of nitrogens with two attached hydrogens (primary N) is 2. The Kier molecular flexibility index (Phi) is 4.14. The molecule has 0 heterocycles. The first-order chi connectivity index (χ1) is 12.0. The minimum Gasteiger partial charge on any atom is -0.370 e. The Morgan fingerprint density at radius 2 is 1.84 bits per heavy atom. The summed E-state index contributed by atoms with van der Waals surface area (Å²) in [7, 11) is 0. The Morgan fingerprint density at radius 3 is 2.56 bits per heavy atom. The summed E-state index contributed by atoms with van der Waals surface area (Å²) in [5.41, 5.74) is 12.3. The summed E-state index contributed by atoms with van der Waals surface area (Å²) >= 11 is 0. The van der Waals surface area contributed by atoms with Gasteiger partial charge in [-0.2, -0.15) is 4.99 Å². The summed E-state index contributed by atoms with van der Waals surface area (Å²) in [6.07, 6.45) is 0. The topological polar surface area (TPSA) is 85.8 Å². The zero-order valence-electron chi connectivity index (χ0n) is 13.0. The number of guanidine groups is 1. The van der Waals surface area contributed by atoms with Gasteiger partial charge in [-0.1, -0.05) is 30.3 Å². The van der Waals surface area contributed by atoms with Crippen molar-refractivity contribution >= 4 is 28.3 Å². The average molecular weight is 332 g/mol. The highest BCUT2D eigenvalue weighted by Gasteiger charge is 2.12. The summed E-state index contributed by atoms with van der Waals surface area (Å²) in [4.78, 5) is 19.1. The molecule has 0 aliphatic heterocycles. The monoisotopic (exact) mass is 332 g/mol. The zero-order chi connectivity index (χ0) is 18.0. The van der Waals surface area contributed by atoms with Crippen LogP contribution in [-0.4, -0.2) is 11.9 Å². The van der Waals surface area contributed by atoms with E-state index < -0.39 is 11.7 Å². The predicted molar refractivity (Wildman–Crippen MR) is 95.7 cm³/mol. The van der Waals surface area contributed by atoms with E-state index in [0.717, 1.165) is 5.39 Å². The number of hydrogen-bond acceptors (Lipinski definition) is 1. The molecule has 6 heteroatoms. The smallest absolute Gasteiger partial charge is 0.280 e. The van der Waals surface area contributed by atoms with Crippen LogP contribution < -0.4 is 11.5 Å². The average Bonchev–Trinajstić information content (AvgIpc) is 2.60. The molecule has 3 aromatic carbocycles. The largest absolute Gasteiger partial charge is 0.370 e. The summed E-state index contributed by atoms with van der Waals surface area (Å²) < 4.78 is 13.7. The predicted octanol–water partition coefficient (Wildman–Crippen LogP) is 3.61. The molecule has 0 aromatic heterocycles. The van der Waals surface area contributed by atoms with E-state index in [9.17, 15) is 9.18 Å². The number of halogens is 1. The molecular weight excluding hydrogens is 319 g/mol. The number of benzene rings is 3. The van der Waals surface area contributed by atoms with Crippen LogP contribution in [0.1, 0.15) is 10.4 Å². The van der Waals surface area contributed by atoms with Crippen LogP contribution in [-0.2, 0) is 0 Å². The molecule has 1 amide bonds. The molecular formula is C19H13FN4O. The lowest BCUT2D eigenvalue weighted by molar-refractivity contribution is 0.100. The van der Waals surface area contributed by atoms with Gasteiger partial charge in [0.15, 0.2) is 11.6 Å². The van der Waals surface area contributed by atoms with Gasteiger partial charge < -0.3 is 11.5 Å². The van der Waals surface area contributed by atoms with E-state index in [4.69, 9.17) is 18.0 Å². The molecule has 0 radical (unpaired) electrons. The standard InChI is InChI=1S/C19H13FN4O/c1-23-17-8-7-13(20)10-16(17)14-4-2-3-11-5-6-12(9-15(11)14)18(25)24-19(21)22/h2-10H,(H4,21,22,24,25). The second-order valence-electron chi connectivity index (χ2n) is 5.36. The van der Waals surface area contributed by atoms with Crippen LogP contribution in [0.5, 0.6) is 0 Å². The Morgan fingerprint density at radius 1 is 1.04 bits per heavy atom. The lowest BCUT2D eigenvalue weighted by atomic mass is 9.95. The Labute approximate surface area is 143 Å². The number of amides is 1. The Balaban J connectivity index is 2.27. The lowest BCUT2D eigenvalue weighted by Crippen LogP contribution is -2.24. The highest BCUT2D eigenvalue weighted by atomic mass is 19.1. The van der Waals surface area contributed by atoms with Crippen LogP contribution in [0, 0.1) is 12.4 Å². The second-order valence-corrected chi connectivity index (χ2v) is 5.36. The van der Waals surface area contributed by atoms with Crippen molar-refractivity contribution in [3.8, 4) is 11.1 Å². The van der Waals surface area contributed by atoms with Gasteiger partial charge in [-0.3, -0.25) is 4.79 Å². The number of fused-ring (bicyclic) bond motifs is 1. The normalized spacial score (nSPS) is 10.2. The van der Waals surface area contributed by atoms with Crippen LogP contribution in [0.2, 0.25) is 0 Å². The Hall–Kier alpha value is -3.72. The van der Waals surface area contributed by atoms with Gasteiger partial charge in [0, 0.05) is 5.56 Å². The Bertz CT molecular complexity index is 1060. The van der Waals surface area contributed by atoms with Gasteiger partial charge in [0.05, 0.1) is 6.57 Å². The van der Waals surface area contributed by atoms with E-state index in [0.29, 0.717) is 27.8 Å². The first-order valence-corrected chi connectivity index (χ1v) is 7.33. The number of carbonyl (C=O) groups is 1. The maximum Gasteiger partial charge on any atom is 0.280 e. The van der Waals surface area contributed by atoms with Crippen molar-refractivity contribution in [1.29, 1.82) is 0 Å². The minimum absolute atomic E-state index is 0.300. The fourth-order valence-corrected chi connectivity index (χ4v) is 2.64. The fraction of sp³-hybridized carbons (Fsp3) is 0. The van der Waals surface area contributed by atoms with Gasteiger partial charge >= 0.3 is 0 Å². The molecule has 0 bridgehead atoms. The third-order valence-corrected chi connectivity index (χ3v) is 3.73. The maximum absolute atomic E-state index is 13.7. The summed E-state index contributed by atoms with van der Waals surface area (Å²) in [6.45, 7) is 7.30. The van der Waals surface area contributed by atoms with Crippen LogP contribution in [0.25, 0.3) is 26.7 Å². The van der Waals surface area contributed by atoms with Crippen molar-refractivity contribution in [3.05, 3.63) is 77.4 Å². The SMILES string of the molecule is [C-]#[N+]c1ccc(F)cc1-c1cccc2ccc(C(=O)N=C(N)N)cc12. The highest BCUT2D eigenvalue weighted by molar-refractivity contribution is 6.07. The van der Waals surface area contributed by atoms with Crippen LogP contribution >= 0.6 is 0 Å². The van der Waals surface area contributed by atoms with Gasteiger partial charge in [-0.05, 0) is 46.2 Å². The molecule has 0 unspecified atom stereocenters. The fourth-order valence-electron chi connectivity index (χ4n) is 2.64. The first kappa shape index (κ1) is 16.1. The lowest BCUT2D eigenvalue weighted by Gasteiger charge is -2.10. The molecule has 0 saturated carbocycles. The molecule has 3 rings (SSSR count). The van der Waals surface area contributed by atoms with E-state index in [1.807, 2.05) is 12.1 Å². The maximum atomic E-state index is 13.7. The van der Waals surface area contributed by atoms with Crippen LogP contribution in [0.4, 0.5) is 10.1 Å². The molecule has 3 aromatic rings. The van der Waals surface area contributed by atoms with Crippen molar-refractivity contribution in [1.82, 2.24) is 0 Å².